The molecule has 5 aliphatic carbocycles. The van der Waals surface area contributed by atoms with Crippen LogP contribution in [0.15, 0.2) is 12.2 Å². The van der Waals surface area contributed by atoms with E-state index in [0.29, 0.717) is 29.6 Å². The van der Waals surface area contributed by atoms with Gasteiger partial charge in [-0.25, -0.2) is 0 Å². The normalized spacial score (nSPS) is 57.4. The first-order valence-corrected chi connectivity index (χ1v) is 13.9. The standard InChI is InChI=1S/C30H50O3/c1-18(2)19-10-15-30(17-31)24(33)16-29(7)20(25(19)30)8-9-22-27(5)13-12-23(32)26(3,4)21(27)11-14-28(22,29)6/h19-25,31-33H,1,8-17H2,2-7H3/t19-,20+,21-,22+,23-,24-,25-,27-,28+,29+,30-/m0/s1. The summed E-state index contributed by atoms with van der Waals surface area (Å²) in [5.41, 5.74) is 1.40. The summed E-state index contributed by atoms with van der Waals surface area (Å²) in [5, 5.41) is 33.3. The summed E-state index contributed by atoms with van der Waals surface area (Å²) in [6.07, 6.45) is 9.12. The summed E-state index contributed by atoms with van der Waals surface area (Å²) in [7, 11) is 0. The summed E-state index contributed by atoms with van der Waals surface area (Å²) < 4.78 is 0. The minimum atomic E-state index is -0.427. The molecule has 5 saturated carbocycles. The van der Waals surface area contributed by atoms with Crippen molar-refractivity contribution in [1.29, 1.82) is 0 Å². The van der Waals surface area contributed by atoms with Crippen molar-refractivity contribution in [2.45, 2.75) is 112 Å². The Bertz CT molecular complexity index is 819. The molecule has 0 unspecified atom stereocenters. The predicted molar refractivity (Wildman–Crippen MR) is 133 cm³/mol. The molecule has 0 bridgehead atoms. The number of aliphatic hydroxyl groups is 3. The third-order valence-electron chi connectivity index (χ3n) is 13.6. The third-order valence-corrected chi connectivity index (χ3v) is 13.6. The number of hydrogen-bond donors (Lipinski definition) is 3. The third kappa shape index (κ3) is 2.80. The highest BCUT2D eigenvalue weighted by Gasteiger charge is 2.72. The van der Waals surface area contributed by atoms with Gasteiger partial charge in [-0.1, -0.05) is 46.8 Å². The molecule has 0 aromatic carbocycles. The SMILES string of the molecule is C=C(C)[C@@H]1CC[C@@]2(CO)[C@@H]1[C@H]1CC[C@@H]3[C@@]4(C)CC[C@H](O)C(C)(C)[C@@H]4CC[C@@]3(C)[C@]1(C)C[C@@H]2O. The molecule has 5 aliphatic rings. The van der Waals surface area contributed by atoms with Crippen LogP contribution in [0.1, 0.15) is 99.3 Å². The highest BCUT2D eigenvalue weighted by atomic mass is 16.3. The Labute approximate surface area is 202 Å². The van der Waals surface area contributed by atoms with Crippen LogP contribution in [0.4, 0.5) is 0 Å². The van der Waals surface area contributed by atoms with Gasteiger partial charge in [0.1, 0.15) is 0 Å². The van der Waals surface area contributed by atoms with Crippen molar-refractivity contribution in [3.05, 3.63) is 12.2 Å². The van der Waals surface area contributed by atoms with E-state index >= 15 is 0 Å². The van der Waals surface area contributed by atoms with Gasteiger partial charge in [-0.2, -0.15) is 0 Å². The average molecular weight is 459 g/mol. The molecule has 3 nitrogen and oxygen atoms in total. The van der Waals surface area contributed by atoms with Gasteiger partial charge in [-0.05, 0) is 116 Å². The van der Waals surface area contributed by atoms with Crippen LogP contribution in [-0.4, -0.2) is 34.1 Å². The van der Waals surface area contributed by atoms with Gasteiger partial charge in [0.15, 0.2) is 0 Å². The van der Waals surface area contributed by atoms with E-state index in [0.717, 1.165) is 32.1 Å². The van der Waals surface area contributed by atoms with Gasteiger partial charge in [-0.15, -0.1) is 0 Å². The molecule has 0 radical (unpaired) electrons. The monoisotopic (exact) mass is 458 g/mol. The summed E-state index contributed by atoms with van der Waals surface area (Å²) in [6, 6.07) is 0. The molecule has 5 rings (SSSR count). The largest absolute Gasteiger partial charge is 0.396 e. The molecule has 0 aliphatic heterocycles. The van der Waals surface area contributed by atoms with Crippen LogP contribution in [0.2, 0.25) is 0 Å². The minimum absolute atomic E-state index is 0.0271. The van der Waals surface area contributed by atoms with E-state index in [2.05, 4.69) is 48.1 Å². The van der Waals surface area contributed by atoms with E-state index in [9.17, 15) is 15.3 Å². The molecular formula is C30H50O3. The van der Waals surface area contributed by atoms with Crippen molar-refractivity contribution in [3.63, 3.8) is 0 Å². The summed E-state index contributed by atoms with van der Waals surface area (Å²) in [6.45, 7) is 18.9. The van der Waals surface area contributed by atoms with Crippen LogP contribution in [0, 0.1) is 56.7 Å². The van der Waals surface area contributed by atoms with Crippen molar-refractivity contribution in [2.75, 3.05) is 6.61 Å². The molecule has 0 amide bonds. The van der Waals surface area contributed by atoms with E-state index in [1.807, 2.05) is 0 Å². The molecule has 188 valence electrons. The Hall–Kier alpha value is -0.380. The van der Waals surface area contributed by atoms with Gasteiger partial charge in [0, 0.05) is 5.41 Å². The zero-order chi connectivity index (χ0) is 24.2. The molecule has 0 heterocycles. The fourth-order valence-corrected chi connectivity index (χ4v) is 11.6. The molecule has 0 aromatic heterocycles. The quantitative estimate of drug-likeness (QED) is 0.447. The Morgan fingerprint density at radius 3 is 2.15 bits per heavy atom. The summed E-state index contributed by atoms with van der Waals surface area (Å²) in [4.78, 5) is 0. The number of hydrogen-bond acceptors (Lipinski definition) is 3. The molecule has 5 fully saturated rings. The number of allylic oxidation sites excluding steroid dienone is 1. The molecule has 33 heavy (non-hydrogen) atoms. The second-order valence-electron chi connectivity index (χ2n) is 14.7. The first-order valence-electron chi connectivity index (χ1n) is 13.9. The fourth-order valence-electron chi connectivity index (χ4n) is 11.6. The van der Waals surface area contributed by atoms with E-state index in [-0.39, 0.29) is 39.8 Å². The van der Waals surface area contributed by atoms with Crippen LogP contribution in [-0.2, 0) is 0 Å². The van der Waals surface area contributed by atoms with Crippen LogP contribution in [0.25, 0.3) is 0 Å². The highest BCUT2D eigenvalue weighted by molar-refractivity contribution is 5.23. The molecule has 0 saturated heterocycles. The Kier molecular flexibility index (Phi) is 5.40. The maximum Gasteiger partial charge on any atom is 0.0626 e. The van der Waals surface area contributed by atoms with E-state index < -0.39 is 6.10 Å². The maximum atomic E-state index is 11.7. The van der Waals surface area contributed by atoms with Crippen LogP contribution in [0.3, 0.4) is 0 Å². The lowest BCUT2D eigenvalue weighted by Gasteiger charge is -2.73. The lowest BCUT2D eigenvalue weighted by atomic mass is 9.32. The Morgan fingerprint density at radius 2 is 1.52 bits per heavy atom. The zero-order valence-corrected chi connectivity index (χ0v) is 22.2. The van der Waals surface area contributed by atoms with Gasteiger partial charge in [0.05, 0.1) is 18.8 Å². The molecule has 3 N–H and O–H groups in total. The van der Waals surface area contributed by atoms with E-state index in [4.69, 9.17) is 0 Å². The van der Waals surface area contributed by atoms with Gasteiger partial charge in [0.2, 0.25) is 0 Å². The van der Waals surface area contributed by atoms with Crippen LogP contribution in [0.5, 0.6) is 0 Å². The van der Waals surface area contributed by atoms with Gasteiger partial charge in [-0.3, -0.25) is 0 Å². The second-order valence-corrected chi connectivity index (χ2v) is 14.7. The zero-order valence-electron chi connectivity index (χ0n) is 22.2. The number of fused-ring (bicyclic) bond motifs is 7. The van der Waals surface area contributed by atoms with Crippen molar-refractivity contribution in [1.82, 2.24) is 0 Å². The topological polar surface area (TPSA) is 60.7 Å². The second kappa shape index (κ2) is 7.32. The first kappa shape index (κ1) is 24.3. The molecule has 0 aromatic rings. The van der Waals surface area contributed by atoms with E-state index in [1.165, 1.54) is 31.3 Å². The molecule has 0 spiro atoms. The van der Waals surface area contributed by atoms with Crippen molar-refractivity contribution in [2.24, 2.45) is 56.7 Å². The maximum absolute atomic E-state index is 11.7. The smallest absolute Gasteiger partial charge is 0.0626 e. The van der Waals surface area contributed by atoms with Gasteiger partial charge >= 0.3 is 0 Å². The average Bonchev–Trinajstić information content (AvgIpc) is 3.13. The van der Waals surface area contributed by atoms with E-state index in [1.54, 1.807) is 0 Å². The molecule has 11 atom stereocenters. The van der Waals surface area contributed by atoms with Crippen LogP contribution < -0.4 is 0 Å². The highest BCUT2D eigenvalue weighted by Crippen LogP contribution is 2.77. The van der Waals surface area contributed by atoms with Crippen molar-refractivity contribution in [3.8, 4) is 0 Å². The Balaban J connectivity index is 1.58. The lowest BCUT2D eigenvalue weighted by Crippen LogP contribution is -2.68. The Morgan fingerprint density at radius 1 is 0.818 bits per heavy atom. The van der Waals surface area contributed by atoms with Gasteiger partial charge in [0.25, 0.3) is 0 Å². The number of rotatable bonds is 2. The number of aliphatic hydroxyl groups excluding tert-OH is 3. The minimum Gasteiger partial charge on any atom is -0.396 e. The fraction of sp³-hybridized carbons (Fsp3) is 0.933. The first-order chi connectivity index (χ1) is 15.3. The van der Waals surface area contributed by atoms with Crippen molar-refractivity contribution < 1.29 is 15.3 Å². The summed E-state index contributed by atoms with van der Waals surface area (Å²) >= 11 is 0. The lowest BCUT2D eigenvalue weighted by molar-refractivity contribution is -0.266. The van der Waals surface area contributed by atoms with Gasteiger partial charge < -0.3 is 15.3 Å². The van der Waals surface area contributed by atoms with Crippen LogP contribution >= 0.6 is 0 Å². The van der Waals surface area contributed by atoms with Crippen molar-refractivity contribution >= 4 is 0 Å². The molecule has 3 heteroatoms. The molecular weight excluding hydrogens is 408 g/mol. The summed E-state index contributed by atoms with van der Waals surface area (Å²) in [5.74, 6) is 2.51. The predicted octanol–water partition coefficient (Wildman–Crippen LogP) is 5.97.